The number of aromatic nitrogens is 2. The van der Waals surface area contributed by atoms with Crippen LogP contribution in [0.15, 0.2) is 53.3 Å². The van der Waals surface area contributed by atoms with Crippen LogP contribution in [0.5, 0.6) is 17.2 Å². The zero-order chi connectivity index (χ0) is 27.8. The van der Waals surface area contributed by atoms with E-state index in [9.17, 15) is 9.59 Å². The first-order valence-corrected chi connectivity index (χ1v) is 13.0. The summed E-state index contributed by atoms with van der Waals surface area (Å²) in [6.45, 7) is 3.70. The number of aromatic amines is 1. The maximum absolute atomic E-state index is 12.8. The Labute approximate surface area is 229 Å². The molecule has 10 nitrogen and oxygen atoms in total. The van der Waals surface area contributed by atoms with Gasteiger partial charge in [0.1, 0.15) is 5.75 Å². The third-order valence-electron chi connectivity index (χ3n) is 6.89. The van der Waals surface area contributed by atoms with Gasteiger partial charge in [-0.15, -0.1) is 0 Å². The van der Waals surface area contributed by atoms with Crippen LogP contribution < -0.4 is 24.7 Å². The van der Waals surface area contributed by atoms with Gasteiger partial charge in [0.25, 0.3) is 5.56 Å². The lowest BCUT2D eigenvalue weighted by molar-refractivity contribution is -0.130. The highest BCUT2D eigenvalue weighted by molar-refractivity contribution is 5.79. The van der Waals surface area contributed by atoms with Gasteiger partial charge in [0.15, 0.2) is 11.5 Å². The number of anilines is 1. The smallest absolute Gasteiger partial charge is 0.252 e. The van der Waals surface area contributed by atoms with Crippen molar-refractivity contribution < 1.29 is 19.0 Å². The van der Waals surface area contributed by atoms with E-state index in [0.717, 1.165) is 29.8 Å². The molecule has 1 saturated heterocycles. The molecule has 4 rings (SSSR count). The van der Waals surface area contributed by atoms with Crippen molar-refractivity contribution in [1.29, 1.82) is 0 Å². The second-order valence-electron chi connectivity index (χ2n) is 9.63. The predicted molar refractivity (Wildman–Crippen MR) is 150 cm³/mol. The van der Waals surface area contributed by atoms with Crippen molar-refractivity contribution in [3.05, 3.63) is 75.7 Å². The van der Waals surface area contributed by atoms with Gasteiger partial charge in [0.2, 0.25) is 11.9 Å². The van der Waals surface area contributed by atoms with E-state index < -0.39 is 0 Å². The molecule has 0 saturated carbocycles. The molecule has 208 valence electrons. The lowest BCUT2D eigenvalue weighted by Crippen LogP contribution is -2.50. The van der Waals surface area contributed by atoms with Crippen LogP contribution in [0.1, 0.15) is 16.8 Å². The maximum atomic E-state index is 12.8. The van der Waals surface area contributed by atoms with Gasteiger partial charge in [-0.1, -0.05) is 18.2 Å². The molecule has 1 aliphatic rings. The predicted octanol–water partition coefficient (Wildman–Crippen LogP) is 2.36. The Morgan fingerprint density at radius 1 is 0.923 bits per heavy atom. The summed E-state index contributed by atoms with van der Waals surface area (Å²) in [4.78, 5) is 38.9. The highest BCUT2D eigenvalue weighted by Crippen LogP contribution is 2.27. The van der Waals surface area contributed by atoms with Crippen LogP contribution in [0.3, 0.4) is 0 Å². The Morgan fingerprint density at radius 3 is 2.28 bits per heavy atom. The number of hydrogen-bond acceptors (Lipinski definition) is 8. The average Bonchev–Trinajstić information content (AvgIpc) is 2.96. The van der Waals surface area contributed by atoms with Gasteiger partial charge in [-0.3, -0.25) is 14.6 Å². The molecule has 1 N–H and O–H groups in total. The molecule has 1 fully saturated rings. The Bertz CT molecular complexity index is 1300. The van der Waals surface area contributed by atoms with Gasteiger partial charge in [-0.25, -0.2) is 4.98 Å². The number of amides is 1. The van der Waals surface area contributed by atoms with E-state index in [1.54, 1.807) is 27.4 Å². The number of carbonyl (C=O) groups is 1. The number of methoxy groups -OCH3 is 3. The van der Waals surface area contributed by atoms with Crippen LogP contribution in [-0.2, 0) is 24.2 Å². The summed E-state index contributed by atoms with van der Waals surface area (Å²) in [6.07, 6.45) is 1.17. The second-order valence-corrected chi connectivity index (χ2v) is 9.63. The minimum Gasteiger partial charge on any atom is -0.497 e. The monoisotopic (exact) mass is 535 g/mol. The molecule has 3 aromatic rings. The summed E-state index contributed by atoms with van der Waals surface area (Å²) in [5.74, 6) is 2.82. The molecule has 1 amide bonds. The number of rotatable bonds is 11. The normalized spacial score (nSPS) is 13.5. The fourth-order valence-corrected chi connectivity index (χ4v) is 4.63. The van der Waals surface area contributed by atoms with Gasteiger partial charge in [0.05, 0.1) is 33.4 Å². The van der Waals surface area contributed by atoms with Crippen molar-refractivity contribution in [3.63, 3.8) is 0 Å². The van der Waals surface area contributed by atoms with Crippen LogP contribution in [0.2, 0.25) is 0 Å². The molecule has 0 aliphatic carbocycles. The van der Waals surface area contributed by atoms with Crippen molar-refractivity contribution in [1.82, 2.24) is 19.8 Å². The number of likely N-dealkylation sites (N-methyl/N-ethyl adjacent to an activating group) is 1. The molecular weight excluding hydrogens is 498 g/mol. The van der Waals surface area contributed by atoms with E-state index >= 15 is 0 Å². The summed E-state index contributed by atoms with van der Waals surface area (Å²) in [5, 5.41) is 0. The molecule has 0 bridgehead atoms. The second kappa shape index (κ2) is 13.1. The Hall–Kier alpha value is -4.05. The minimum atomic E-state index is -0.179. The molecule has 39 heavy (non-hydrogen) atoms. The fourth-order valence-electron chi connectivity index (χ4n) is 4.63. The number of carbonyl (C=O) groups excluding carboxylic acids is 1. The number of piperazine rings is 1. The van der Waals surface area contributed by atoms with Crippen molar-refractivity contribution in [2.45, 2.75) is 19.4 Å². The first-order valence-electron chi connectivity index (χ1n) is 13.0. The molecule has 0 atom stereocenters. The Kier molecular flexibility index (Phi) is 9.43. The summed E-state index contributed by atoms with van der Waals surface area (Å²) in [5.41, 5.74) is 2.62. The van der Waals surface area contributed by atoms with Crippen molar-refractivity contribution in [2.75, 3.05) is 66.0 Å². The number of hydrogen-bond donors (Lipinski definition) is 1. The molecule has 1 aromatic heterocycles. The van der Waals surface area contributed by atoms with E-state index in [2.05, 4.69) is 9.88 Å². The number of nitrogens with one attached hydrogen (secondary N) is 1. The van der Waals surface area contributed by atoms with Crippen LogP contribution >= 0.6 is 0 Å². The van der Waals surface area contributed by atoms with E-state index in [-0.39, 0.29) is 11.5 Å². The summed E-state index contributed by atoms with van der Waals surface area (Å²) in [6, 6.07) is 15.0. The lowest BCUT2D eigenvalue weighted by Gasteiger charge is -2.35. The summed E-state index contributed by atoms with van der Waals surface area (Å²) < 4.78 is 15.9. The van der Waals surface area contributed by atoms with E-state index in [1.807, 2.05) is 59.3 Å². The van der Waals surface area contributed by atoms with E-state index in [0.29, 0.717) is 62.3 Å². The van der Waals surface area contributed by atoms with Crippen molar-refractivity contribution in [3.8, 4) is 17.2 Å². The summed E-state index contributed by atoms with van der Waals surface area (Å²) in [7, 11) is 6.88. The lowest BCUT2D eigenvalue weighted by atomic mass is 10.1. The SMILES string of the molecule is COc1ccc(CC(=O)N2CCN(c3nc(CN(C)CCc4ccc(OC)c(OC)c4)cc(=O)[nH]3)CC2)cc1. The molecular formula is C29H37N5O5. The number of ether oxygens (including phenoxy) is 3. The molecule has 10 heteroatoms. The number of nitrogens with zero attached hydrogens (tertiary/aromatic N) is 4. The quantitative estimate of drug-likeness (QED) is 0.400. The standard InChI is InChI=1S/C29H37N5O5/c1-32(12-11-22-7-10-25(38-3)26(17-22)39-4)20-23-19-27(35)31-29(30-23)34-15-13-33(14-16-34)28(36)18-21-5-8-24(37-2)9-6-21/h5-10,17,19H,11-16,18,20H2,1-4H3,(H,30,31,35). The largest absolute Gasteiger partial charge is 0.497 e. The Balaban J connectivity index is 1.30. The van der Waals surface area contributed by atoms with E-state index in [1.165, 1.54) is 0 Å². The number of H-pyrrole nitrogens is 1. The zero-order valence-corrected chi connectivity index (χ0v) is 23.1. The topological polar surface area (TPSA) is 100 Å². The third kappa shape index (κ3) is 7.51. The average molecular weight is 536 g/mol. The molecule has 0 radical (unpaired) electrons. The highest BCUT2D eigenvalue weighted by atomic mass is 16.5. The van der Waals surface area contributed by atoms with Gasteiger partial charge >= 0.3 is 0 Å². The highest BCUT2D eigenvalue weighted by Gasteiger charge is 2.23. The molecule has 2 heterocycles. The van der Waals surface area contributed by atoms with Crippen LogP contribution in [0.25, 0.3) is 0 Å². The maximum Gasteiger partial charge on any atom is 0.252 e. The van der Waals surface area contributed by atoms with Crippen LogP contribution in [0.4, 0.5) is 5.95 Å². The molecule has 0 spiro atoms. The first kappa shape index (κ1) is 28.0. The third-order valence-corrected chi connectivity index (χ3v) is 6.89. The first-order chi connectivity index (χ1) is 18.9. The van der Waals surface area contributed by atoms with Gasteiger partial charge < -0.3 is 28.9 Å². The van der Waals surface area contributed by atoms with Crippen LogP contribution in [0, 0.1) is 0 Å². The minimum absolute atomic E-state index is 0.0890. The van der Waals surface area contributed by atoms with Crippen molar-refractivity contribution in [2.24, 2.45) is 0 Å². The zero-order valence-electron chi connectivity index (χ0n) is 23.1. The Morgan fingerprint density at radius 2 is 1.62 bits per heavy atom. The number of benzene rings is 2. The van der Waals surface area contributed by atoms with E-state index in [4.69, 9.17) is 19.2 Å². The van der Waals surface area contributed by atoms with Crippen molar-refractivity contribution >= 4 is 11.9 Å². The molecule has 2 aromatic carbocycles. The fraction of sp³-hybridized carbons (Fsp3) is 0.414. The van der Waals surface area contributed by atoms with Crippen LogP contribution in [-0.4, -0.2) is 86.8 Å². The van der Waals surface area contributed by atoms with Gasteiger partial charge in [-0.2, -0.15) is 0 Å². The molecule has 0 unspecified atom stereocenters. The summed E-state index contributed by atoms with van der Waals surface area (Å²) >= 11 is 0. The van der Waals surface area contributed by atoms with Gasteiger partial charge in [-0.05, 0) is 48.9 Å². The molecule has 1 aliphatic heterocycles. The van der Waals surface area contributed by atoms with Gasteiger partial charge in [0, 0.05) is 45.3 Å².